The molecule has 0 saturated carbocycles. The Morgan fingerprint density at radius 1 is 0.652 bits per heavy atom. The highest BCUT2D eigenvalue weighted by Gasteiger charge is 2.31. The topological polar surface area (TPSA) is 119 Å². The van der Waals surface area contributed by atoms with Gasteiger partial charge in [0.15, 0.2) is 5.78 Å². The average molecular weight is 641 g/mol. The minimum atomic E-state index is -2.71. The number of carbonyl (C=O) groups excluding carboxylic acids is 4. The first-order valence-electron chi connectivity index (χ1n) is 14.5. The molecular formula is C37H41N2O6P. The fraction of sp³-hybridized carbons (Fsp3) is 0.189. The largest absolute Gasteiger partial charge is 0.467 e. The number of hydrogen-bond donors (Lipinski definition) is 2. The molecule has 0 aliphatic heterocycles. The summed E-state index contributed by atoms with van der Waals surface area (Å²) in [5, 5.41) is 5.05. The van der Waals surface area contributed by atoms with Crippen molar-refractivity contribution in [2.75, 3.05) is 20.4 Å². The van der Waals surface area contributed by atoms with Crippen LogP contribution < -0.4 is 10.6 Å². The molecule has 4 rings (SSSR count). The first-order chi connectivity index (χ1) is 21.8. The summed E-state index contributed by atoms with van der Waals surface area (Å²) in [6.07, 6.45) is 2.81. The molecule has 0 aromatic heterocycles. The third-order valence-electron chi connectivity index (χ3n) is 6.31. The van der Waals surface area contributed by atoms with E-state index in [9.17, 15) is 23.7 Å². The first kappa shape index (κ1) is 37.1. The molecule has 0 aliphatic rings. The van der Waals surface area contributed by atoms with E-state index < -0.39 is 24.8 Å². The molecular weight excluding hydrogens is 599 g/mol. The van der Waals surface area contributed by atoms with Gasteiger partial charge < -0.3 is 19.9 Å². The van der Waals surface area contributed by atoms with Crippen LogP contribution in [0.15, 0.2) is 115 Å². The molecule has 240 valence electrons. The fourth-order valence-electron chi connectivity index (χ4n) is 4.12. The number of methoxy groups -OCH3 is 1. The molecule has 0 bridgehead atoms. The van der Waals surface area contributed by atoms with Gasteiger partial charge in [0.05, 0.1) is 7.11 Å². The summed E-state index contributed by atoms with van der Waals surface area (Å²) in [6.45, 7) is 7.49. The second-order valence-electron chi connectivity index (χ2n) is 10.7. The first-order valence-corrected chi connectivity index (χ1v) is 17.1. The third-order valence-corrected chi connectivity index (χ3v) is 7.90. The summed E-state index contributed by atoms with van der Waals surface area (Å²) in [7, 11) is -1.52. The molecule has 0 saturated heterocycles. The monoisotopic (exact) mass is 640 g/mol. The molecule has 8 nitrogen and oxygen atoms in total. The van der Waals surface area contributed by atoms with Crippen LogP contribution in [-0.4, -0.2) is 50.3 Å². The standard InChI is InChI=1S/C17H17NO.C13H10O.C7H14NO4P/c1-13(18-14(2)19)12-15-8-10-17(11-9-15)16-6-4-3-5-7-16;14-10-11-6-8-13(9-7-11)12-4-2-1-3-5-12;1-5(9)8-6(7(10)12-2)13(3,4)11/h3-12H,1-2H3,(H,18,19);1-10H;6H,1-4H3,(H,8,9). The number of rotatable bonds is 8. The Hall–Kier alpha value is -5.07. The predicted molar refractivity (Wildman–Crippen MR) is 186 cm³/mol. The van der Waals surface area contributed by atoms with E-state index in [-0.39, 0.29) is 5.91 Å². The highest BCUT2D eigenvalue weighted by atomic mass is 31.2. The zero-order valence-corrected chi connectivity index (χ0v) is 27.9. The number of esters is 1. The van der Waals surface area contributed by atoms with Gasteiger partial charge >= 0.3 is 5.97 Å². The van der Waals surface area contributed by atoms with Crippen molar-refractivity contribution >= 4 is 37.3 Å². The molecule has 9 heteroatoms. The third kappa shape index (κ3) is 13.3. The second kappa shape index (κ2) is 18.7. The van der Waals surface area contributed by atoms with E-state index >= 15 is 0 Å². The van der Waals surface area contributed by atoms with Crippen molar-refractivity contribution in [2.45, 2.75) is 26.6 Å². The van der Waals surface area contributed by atoms with Gasteiger partial charge in [-0.05, 0) is 54.1 Å². The van der Waals surface area contributed by atoms with E-state index in [0.29, 0.717) is 5.56 Å². The normalized spacial score (nSPS) is 11.3. The van der Waals surface area contributed by atoms with Gasteiger partial charge in [-0.15, -0.1) is 0 Å². The van der Waals surface area contributed by atoms with Gasteiger partial charge in [-0.3, -0.25) is 14.4 Å². The number of aldehydes is 1. The van der Waals surface area contributed by atoms with Gasteiger partial charge in [-0.2, -0.15) is 0 Å². The molecule has 2 amide bonds. The zero-order chi connectivity index (χ0) is 34.1. The molecule has 1 atom stereocenters. The van der Waals surface area contributed by atoms with Crippen LogP contribution in [-0.2, 0) is 23.7 Å². The van der Waals surface area contributed by atoms with Gasteiger partial charge in [0.1, 0.15) is 13.4 Å². The van der Waals surface area contributed by atoms with Crippen LogP contribution in [0.2, 0.25) is 0 Å². The number of amides is 2. The van der Waals surface area contributed by atoms with Crippen LogP contribution in [0.3, 0.4) is 0 Å². The SMILES string of the molecule is CC(=O)NC(C)=Cc1ccc(-c2ccccc2)cc1.COC(=O)C(NC(C)=O)P(C)(C)=O.O=Cc1ccc(-c2ccccc2)cc1. The maximum atomic E-state index is 11.5. The second-order valence-corrected chi connectivity index (χ2v) is 14.0. The minimum Gasteiger partial charge on any atom is -0.467 e. The number of carbonyl (C=O) groups is 4. The van der Waals surface area contributed by atoms with Crippen molar-refractivity contribution in [3.63, 3.8) is 0 Å². The van der Waals surface area contributed by atoms with Gasteiger partial charge in [-0.25, -0.2) is 4.79 Å². The molecule has 1 unspecified atom stereocenters. The average Bonchev–Trinajstić information content (AvgIpc) is 3.04. The Morgan fingerprint density at radius 2 is 1.07 bits per heavy atom. The molecule has 2 N–H and O–H groups in total. The van der Waals surface area contributed by atoms with Crippen LogP contribution in [0.4, 0.5) is 0 Å². The van der Waals surface area contributed by atoms with Crippen molar-refractivity contribution < 1.29 is 28.5 Å². The summed E-state index contributed by atoms with van der Waals surface area (Å²) < 4.78 is 15.9. The van der Waals surface area contributed by atoms with Crippen molar-refractivity contribution in [3.05, 3.63) is 126 Å². The van der Waals surface area contributed by atoms with Gasteiger partial charge in [0.2, 0.25) is 11.8 Å². The zero-order valence-electron chi connectivity index (χ0n) is 27.0. The Bertz CT molecular complexity index is 1650. The minimum absolute atomic E-state index is 0.0466. The summed E-state index contributed by atoms with van der Waals surface area (Å²) in [5.74, 6) is -2.16. The van der Waals surface area contributed by atoms with Crippen molar-refractivity contribution in [3.8, 4) is 22.3 Å². The smallest absolute Gasteiger partial charge is 0.336 e. The van der Waals surface area contributed by atoms with E-state index in [1.165, 1.54) is 51.0 Å². The maximum Gasteiger partial charge on any atom is 0.336 e. The lowest BCUT2D eigenvalue weighted by Crippen LogP contribution is -2.39. The number of allylic oxidation sites excluding steroid dienone is 1. The molecule has 4 aromatic rings. The summed E-state index contributed by atoms with van der Waals surface area (Å²) in [6, 6.07) is 36.2. The molecule has 46 heavy (non-hydrogen) atoms. The van der Waals surface area contributed by atoms with Crippen molar-refractivity contribution in [2.24, 2.45) is 0 Å². The Morgan fingerprint density at radius 3 is 1.41 bits per heavy atom. The van der Waals surface area contributed by atoms with Crippen LogP contribution in [0.25, 0.3) is 28.3 Å². The number of ether oxygens (including phenoxy) is 1. The van der Waals surface area contributed by atoms with Crippen LogP contribution in [0, 0.1) is 0 Å². The number of benzene rings is 4. The quantitative estimate of drug-likeness (QED) is 0.119. The van der Waals surface area contributed by atoms with E-state index in [1.54, 1.807) is 0 Å². The maximum absolute atomic E-state index is 11.5. The van der Waals surface area contributed by atoms with E-state index in [4.69, 9.17) is 0 Å². The lowest BCUT2D eigenvalue weighted by molar-refractivity contribution is -0.142. The van der Waals surface area contributed by atoms with Gasteiger partial charge in [0, 0.05) is 25.1 Å². The molecule has 0 fully saturated rings. The Labute approximate surface area is 271 Å². The van der Waals surface area contributed by atoms with Gasteiger partial charge in [-0.1, -0.05) is 109 Å². The van der Waals surface area contributed by atoms with E-state index in [0.717, 1.165) is 23.1 Å². The molecule has 0 aliphatic carbocycles. The van der Waals surface area contributed by atoms with Crippen LogP contribution >= 0.6 is 7.14 Å². The predicted octanol–water partition coefficient (Wildman–Crippen LogP) is 7.26. The Kier molecular flexibility index (Phi) is 15.1. The lowest BCUT2D eigenvalue weighted by Gasteiger charge is -2.19. The molecule has 0 spiro atoms. The van der Waals surface area contributed by atoms with E-state index in [2.05, 4.69) is 51.8 Å². The summed E-state index contributed by atoms with van der Waals surface area (Å²) >= 11 is 0. The fourth-order valence-corrected chi connectivity index (χ4v) is 5.23. The summed E-state index contributed by atoms with van der Waals surface area (Å²) in [5.41, 5.74) is 7.34. The van der Waals surface area contributed by atoms with Crippen LogP contribution in [0.5, 0.6) is 0 Å². The van der Waals surface area contributed by atoms with E-state index in [1.807, 2.05) is 85.8 Å². The van der Waals surface area contributed by atoms with Crippen LogP contribution in [0.1, 0.15) is 36.7 Å². The number of hydrogen-bond acceptors (Lipinski definition) is 6. The molecule has 4 aromatic carbocycles. The molecule has 0 radical (unpaired) electrons. The lowest BCUT2D eigenvalue weighted by atomic mass is 10.0. The van der Waals surface area contributed by atoms with Crippen molar-refractivity contribution in [1.29, 1.82) is 0 Å². The highest BCUT2D eigenvalue weighted by molar-refractivity contribution is 7.64. The van der Waals surface area contributed by atoms with Crippen molar-refractivity contribution in [1.82, 2.24) is 10.6 Å². The Balaban J connectivity index is 0.000000246. The molecule has 0 heterocycles. The summed E-state index contributed by atoms with van der Waals surface area (Å²) in [4.78, 5) is 43.2. The van der Waals surface area contributed by atoms with Gasteiger partial charge in [0.25, 0.3) is 0 Å². The highest BCUT2D eigenvalue weighted by Crippen LogP contribution is 2.41. The number of nitrogens with one attached hydrogen (secondary N) is 2.